The fourth-order valence-corrected chi connectivity index (χ4v) is 4.24. The SMILES string of the molecule is CCNC(=O)c1cccc(NC(=O)COC(=O)C[C@H]2C[C@@H]3CC[C@@H]2C3)c1. The van der Waals surface area contributed by atoms with E-state index in [0.29, 0.717) is 36.1 Å². The summed E-state index contributed by atoms with van der Waals surface area (Å²) in [5.41, 5.74) is 0.973. The van der Waals surface area contributed by atoms with Gasteiger partial charge in [-0.1, -0.05) is 12.5 Å². The number of anilines is 1. The van der Waals surface area contributed by atoms with Crippen LogP contribution in [0.25, 0.3) is 0 Å². The molecule has 6 heteroatoms. The van der Waals surface area contributed by atoms with Crippen LogP contribution in [0.15, 0.2) is 24.3 Å². The Morgan fingerprint density at radius 2 is 2.04 bits per heavy atom. The lowest BCUT2D eigenvalue weighted by Crippen LogP contribution is -2.24. The van der Waals surface area contributed by atoms with Crippen LogP contribution >= 0.6 is 0 Å². The zero-order valence-corrected chi connectivity index (χ0v) is 15.1. The van der Waals surface area contributed by atoms with Gasteiger partial charge in [-0.25, -0.2) is 0 Å². The Balaban J connectivity index is 1.43. The van der Waals surface area contributed by atoms with E-state index in [1.807, 2.05) is 6.92 Å². The highest BCUT2D eigenvalue weighted by molar-refractivity contribution is 5.97. The van der Waals surface area contributed by atoms with Gasteiger partial charge in [-0.3, -0.25) is 14.4 Å². The molecule has 0 unspecified atom stereocenters. The third-order valence-electron chi connectivity index (χ3n) is 5.42. The minimum atomic E-state index is -0.403. The monoisotopic (exact) mass is 358 g/mol. The summed E-state index contributed by atoms with van der Waals surface area (Å²) in [5.74, 6) is 0.990. The minimum absolute atomic E-state index is 0.194. The molecular formula is C20H26N2O4. The van der Waals surface area contributed by atoms with E-state index in [1.54, 1.807) is 24.3 Å². The van der Waals surface area contributed by atoms with Crippen molar-refractivity contribution in [2.24, 2.45) is 17.8 Å². The first-order chi connectivity index (χ1) is 12.5. The number of rotatable bonds is 7. The summed E-state index contributed by atoms with van der Waals surface area (Å²) in [7, 11) is 0. The zero-order valence-electron chi connectivity index (χ0n) is 15.1. The number of hydrogen-bond acceptors (Lipinski definition) is 4. The minimum Gasteiger partial charge on any atom is -0.456 e. The topological polar surface area (TPSA) is 84.5 Å². The largest absolute Gasteiger partial charge is 0.456 e. The highest BCUT2D eigenvalue weighted by Gasteiger charge is 2.40. The normalized spacial score (nSPS) is 23.5. The van der Waals surface area contributed by atoms with E-state index in [0.717, 1.165) is 12.3 Å². The van der Waals surface area contributed by atoms with Crippen LogP contribution in [-0.4, -0.2) is 30.9 Å². The Morgan fingerprint density at radius 1 is 1.19 bits per heavy atom. The summed E-state index contributed by atoms with van der Waals surface area (Å²) in [5, 5.41) is 5.37. The summed E-state index contributed by atoms with van der Waals surface area (Å²) >= 11 is 0. The molecule has 6 nitrogen and oxygen atoms in total. The summed E-state index contributed by atoms with van der Waals surface area (Å²) in [6, 6.07) is 6.66. The second-order valence-electron chi connectivity index (χ2n) is 7.29. The maximum atomic E-state index is 12.0. The number of fused-ring (bicyclic) bond motifs is 2. The molecule has 3 atom stereocenters. The van der Waals surface area contributed by atoms with Gasteiger partial charge in [0.1, 0.15) is 0 Å². The number of benzene rings is 1. The van der Waals surface area contributed by atoms with Gasteiger partial charge in [0.2, 0.25) is 0 Å². The van der Waals surface area contributed by atoms with Crippen LogP contribution in [0.2, 0.25) is 0 Å². The third-order valence-corrected chi connectivity index (χ3v) is 5.42. The van der Waals surface area contributed by atoms with Gasteiger partial charge in [-0.05, 0) is 62.1 Å². The molecule has 2 amide bonds. The van der Waals surface area contributed by atoms with Crippen molar-refractivity contribution < 1.29 is 19.1 Å². The number of hydrogen-bond donors (Lipinski definition) is 2. The molecule has 0 aliphatic heterocycles. The summed E-state index contributed by atoms with van der Waals surface area (Å²) in [6.07, 6.45) is 5.32. The molecule has 0 saturated heterocycles. The lowest BCUT2D eigenvalue weighted by Gasteiger charge is -2.20. The maximum absolute atomic E-state index is 12.0. The van der Waals surface area contributed by atoms with E-state index < -0.39 is 5.91 Å². The first-order valence-electron chi connectivity index (χ1n) is 9.39. The Bertz CT molecular complexity index is 688. The molecule has 26 heavy (non-hydrogen) atoms. The van der Waals surface area contributed by atoms with Crippen molar-refractivity contribution in [3.8, 4) is 0 Å². The first kappa shape index (κ1) is 18.4. The van der Waals surface area contributed by atoms with Gasteiger partial charge in [-0.2, -0.15) is 0 Å². The number of esters is 1. The molecule has 0 radical (unpaired) electrons. The van der Waals surface area contributed by atoms with Crippen molar-refractivity contribution in [1.29, 1.82) is 0 Å². The van der Waals surface area contributed by atoms with Crippen LogP contribution in [0.4, 0.5) is 5.69 Å². The van der Waals surface area contributed by atoms with Gasteiger partial charge in [0.15, 0.2) is 6.61 Å². The smallest absolute Gasteiger partial charge is 0.306 e. The van der Waals surface area contributed by atoms with Crippen molar-refractivity contribution in [3.63, 3.8) is 0 Å². The third kappa shape index (κ3) is 4.62. The van der Waals surface area contributed by atoms with Crippen LogP contribution < -0.4 is 10.6 Å². The Hall–Kier alpha value is -2.37. The van der Waals surface area contributed by atoms with Gasteiger partial charge < -0.3 is 15.4 Å². The van der Waals surface area contributed by atoms with E-state index in [-0.39, 0.29) is 18.5 Å². The fraction of sp³-hybridized carbons (Fsp3) is 0.550. The Labute approximate surface area is 153 Å². The standard InChI is InChI=1S/C20H26N2O4/c1-2-21-20(25)15-4-3-5-17(10-15)22-18(23)12-26-19(24)11-16-9-13-6-7-14(16)8-13/h3-5,10,13-14,16H,2,6-9,11-12H2,1H3,(H,21,25)(H,22,23)/t13-,14-,16-/m1/s1. The molecule has 2 N–H and O–H groups in total. The van der Waals surface area contributed by atoms with Crippen molar-refractivity contribution in [2.75, 3.05) is 18.5 Å². The molecule has 140 valence electrons. The van der Waals surface area contributed by atoms with E-state index >= 15 is 0 Å². The van der Waals surface area contributed by atoms with Crippen molar-refractivity contribution >= 4 is 23.5 Å². The molecule has 0 aromatic heterocycles. The van der Waals surface area contributed by atoms with Gasteiger partial charge >= 0.3 is 5.97 Å². The second-order valence-corrected chi connectivity index (χ2v) is 7.29. The molecule has 0 heterocycles. The molecule has 2 saturated carbocycles. The number of carbonyl (C=O) groups is 3. The van der Waals surface area contributed by atoms with Gasteiger partial charge in [-0.15, -0.1) is 0 Å². The number of carbonyl (C=O) groups excluding carboxylic acids is 3. The highest BCUT2D eigenvalue weighted by atomic mass is 16.5. The van der Waals surface area contributed by atoms with Crippen molar-refractivity contribution in [2.45, 2.75) is 39.0 Å². The lowest BCUT2D eigenvalue weighted by atomic mass is 9.86. The van der Waals surface area contributed by atoms with E-state index in [4.69, 9.17) is 4.74 Å². The Kier molecular flexibility index (Phi) is 5.91. The molecular weight excluding hydrogens is 332 g/mol. The summed E-state index contributed by atoms with van der Waals surface area (Å²) in [6.45, 7) is 2.08. The van der Waals surface area contributed by atoms with Crippen LogP contribution in [0.5, 0.6) is 0 Å². The van der Waals surface area contributed by atoms with E-state index in [9.17, 15) is 14.4 Å². The molecule has 2 fully saturated rings. The van der Waals surface area contributed by atoms with Crippen LogP contribution in [0.3, 0.4) is 0 Å². The average molecular weight is 358 g/mol. The summed E-state index contributed by atoms with van der Waals surface area (Å²) in [4.78, 5) is 35.8. The molecule has 0 spiro atoms. The quantitative estimate of drug-likeness (QED) is 0.734. The molecule has 2 bridgehead atoms. The maximum Gasteiger partial charge on any atom is 0.306 e. The molecule has 1 aromatic carbocycles. The number of ether oxygens (including phenoxy) is 1. The highest BCUT2D eigenvalue weighted by Crippen LogP contribution is 2.49. The Morgan fingerprint density at radius 3 is 2.73 bits per heavy atom. The average Bonchev–Trinajstić information content (AvgIpc) is 3.23. The van der Waals surface area contributed by atoms with Gasteiger partial charge in [0.25, 0.3) is 11.8 Å². The first-order valence-corrected chi connectivity index (χ1v) is 9.39. The number of nitrogens with one attached hydrogen (secondary N) is 2. The van der Waals surface area contributed by atoms with Gasteiger partial charge in [0.05, 0.1) is 0 Å². The van der Waals surface area contributed by atoms with Crippen LogP contribution in [0.1, 0.15) is 49.4 Å². The predicted molar refractivity (Wildman–Crippen MR) is 97.6 cm³/mol. The molecule has 2 aliphatic carbocycles. The van der Waals surface area contributed by atoms with Crippen molar-refractivity contribution in [3.05, 3.63) is 29.8 Å². The summed E-state index contributed by atoms with van der Waals surface area (Å²) < 4.78 is 5.13. The molecule has 3 rings (SSSR count). The molecule has 1 aromatic rings. The van der Waals surface area contributed by atoms with E-state index in [2.05, 4.69) is 10.6 Å². The van der Waals surface area contributed by atoms with Gasteiger partial charge in [0, 0.05) is 24.2 Å². The fourth-order valence-electron chi connectivity index (χ4n) is 4.24. The van der Waals surface area contributed by atoms with Crippen molar-refractivity contribution in [1.82, 2.24) is 5.32 Å². The van der Waals surface area contributed by atoms with Crippen LogP contribution in [-0.2, 0) is 14.3 Å². The predicted octanol–water partition coefficient (Wildman–Crippen LogP) is 2.74. The van der Waals surface area contributed by atoms with Crippen LogP contribution in [0, 0.1) is 17.8 Å². The zero-order chi connectivity index (χ0) is 18.5. The number of amides is 2. The molecule has 2 aliphatic rings. The second kappa shape index (κ2) is 8.34. The lowest BCUT2D eigenvalue weighted by molar-refractivity contribution is -0.148. The van der Waals surface area contributed by atoms with E-state index in [1.165, 1.54) is 19.3 Å².